The molecule has 2 rings (SSSR count). The molecule has 18 heavy (non-hydrogen) atoms. The molecule has 1 saturated heterocycles. The highest BCUT2D eigenvalue weighted by Gasteiger charge is 2.14. The number of amides is 1. The van der Waals surface area contributed by atoms with Crippen molar-refractivity contribution < 1.29 is 13.9 Å². The van der Waals surface area contributed by atoms with Gasteiger partial charge in [0.1, 0.15) is 5.82 Å². The van der Waals surface area contributed by atoms with Crippen LogP contribution in [0, 0.1) is 5.82 Å². The molecule has 1 fully saturated rings. The van der Waals surface area contributed by atoms with Crippen LogP contribution < -0.4 is 10.6 Å². The zero-order chi connectivity index (χ0) is 12.8. The normalized spacial score (nSPS) is 19.5. The maximum absolute atomic E-state index is 12.9. The van der Waals surface area contributed by atoms with Crippen molar-refractivity contribution in [2.24, 2.45) is 0 Å². The van der Waals surface area contributed by atoms with E-state index in [4.69, 9.17) is 4.74 Å². The molecule has 0 radical (unpaired) electrons. The van der Waals surface area contributed by atoms with E-state index in [0.717, 1.165) is 19.4 Å². The average molecular weight is 252 g/mol. The molecule has 1 aromatic carbocycles. The SMILES string of the molecule is O=C(CNC1CCCOC1)Nc1cccc(F)c1. The van der Waals surface area contributed by atoms with Gasteiger partial charge in [-0.1, -0.05) is 6.07 Å². The number of ether oxygens (including phenoxy) is 1. The van der Waals surface area contributed by atoms with Gasteiger partial charge in [-0.3, -0.25) is 4.79 Å². The fraction of sp³-hybridized carbons (Fsp3) is 0.462. The van der Waals surface area contributed by atoms with Crippen LogP contribution >= 0.6 is 0 Å². The van der Waals surface area contributed by atoms with Gasteiger partial charge < -0.3 is 15.4 Å². The summed E-state index contributed by atoms with van der Waals surface area (Å²) >= 11 is 0. The van der Waals surface area contributed by atoms with Crippen molar-refractivity contribution in [2.45, 2.75) is 18.9 Å². The molecule has 0 saturated carbocycles. The predicted molar refractivity (Wildman–Crippen MR) is 66.9 cm³/mol. The van der Waals surface area contributed by atoms with E-state index in [0.29, 0.717) is 12.3 Å². The van der Waals surface area contributed by atoms with Gasteiger partial charge >= 0.3 is 0 Å². The molecule has 1 heterocycles. The molecular weight excluding hydrogens is 235 g/mol. The first-order chi connectivity index (χ1) is 8.74. The van der Waals surface area contributed by atoms with E-state index in [1.807, 2.05) is 0 Å². The first-order valence-corrected chi connectivity index (χ1v) is 6.10. The van der Waals surface area contributed by atoms with Crippen molar-refractivity contribution in [3.05, 3.63) is 30.1 Å². The van der Waals surface area contributed by atoms with Crippen molar-refractivity contribution in [3.63, 3.8) is 0 Å². The summed E-state index contributed by atoms with van der Waals surface area (Å²) in [5.41, 5.74) is 0.474. The summed E-state index contributed by atoms with van der Waals surface area (Å²) in [6, 6.07) is 6.09. The third-order valence-corrected chi connectivity index (χ3v) is 2.82. The molecule has 1 aromatic rings. The number of carbonyl (C=O) groups excluding carboxylic acids is 1. The second-order valence-electron chi connectivity index (χ2n) is 4.35. The first-order valence-electron chi connectivity index (χ1n) is 6.10. The van der Waals surface area contributed by atoms with Crippen LogP contribution in [0.5, 0.6) is 0 Å². The average Bonchev–Trinajstić information content (AvgIpc) is 2.38. The molecule has 2 N–H and O–H groups in total. The summed E-state index contributed by atoms with van der Waals surface area (Å²) in [7, 11) is 0. The van der Waals surface area contributed by atoms with Gasteiger partial charge in [0.15, 0.2) is 0 Å². The van der Waals surface area contributed by atoms with E-state index < -0.39 is 0 Å². The number of carbonyl (C=O) groups is 1. The lowest BCUT2D eigenvalue weighted by Gasteiger charge is -2.22. The Hall–Kier alpha value is -1.46. The summed E-state index contributed by atoms with van der Waals surface area (Å²) in [6.07, 6.45) is 2.04. The minimum Gasteiger partial charge on any atom is -0.380 e. The Morgan fingerprint density at radius 3 is 3.11 bits per heavy atom. The third kappa shape index (κ3) is 4.09. The van der Waals surface area contributed by atoms with Gasteiger partial charge in [-0.15, -0.1) is 0 Å². The number of halogens is 1. The van der Waals surface area contributed by atoms with Gasteiger partial charge in [0.05, 0.1) is 13.2 Å². The van der Waals surface area contributed by atoms with Gasteiger partial charge in [-0.05, 0) is 31.0 Å². The van der Waals surface area contributed by atoms with Gasteiger partial charge in [0.2, 0.25) is 5.91 Å². The zero-order valence-corrected chi connectivity index (χ0v) is 10.1. The molecule has 0 aliphatic carbocycles. The number of benzene rings is 1. The summed E-state index contributed by atoms with van der Waals surface area (Å²) in [6.45, 7) is 1.66. The fourth-order valence-electron chi connectivity index (χ4n) is 1.91. The highest BCUT2D eigenvalue weighted by atomic mass is 19.1. The Bertz CT molecular complexity index is 406. The highest BCUT2D eigenvalue weighted by Crippen LogP contribution is 2.09. The van der Waals surface area contributed by atoms with E-state index >= 15 is 0 Å². The number of hydrogen-bond acceptors (Lipinski definition) is 3. The first kappa shape index (κ1) is 13.0. The van der Waals surface area contributed by atoms with Crippen molar-refractivity contribution in [1.29, 1.82) is 0 Å². The van der Waals surface area contributed by atoms with Crippen LogP contribution in [0.4, 0.5) is 10.1 Å². The quantitative estimate of drug-likeness (QED) is 0.854. The number of hydrogen-bond donors (Lipinski definition) is 2. The smallest absolute Gasteiger partial charge is 0.238 e. The zero-order valence-electron chi connectivity index (χ0n) is 10.1. The van der Waals surface area contributed by atoms with Crippen LogP contribution in [0.25, 0.3) is 0 Å². The molecule has 98 valence electrons. The Balaban J connectivity index is 1.74. The maximum Gasteiger partial charge on any atom is 0.238 e. The molecule has 5 heteroatoms. The van der Waals surface area contributed by atoms with E-state index in [-0.39, 0.29) is 24.3 Å². The second-order valence-corrected chi connectivity index (χ2v) is 4.35. The van der Waals surface area contributed by atoms with E-state index in [1.165, 1.54) is 12.1 Å². The molecule has 1 aliphatic rings. The topological polar surface area (TPSA) is 50.4 Å². The summed E-state index contributed by atoms with van der Waals surface area (Å²) in [4.78, 5) is 11.6. The lowest BCUT2D eigenvalue weighted by atomic mass is 10.1. The summed E-state index contributed by atoms with van der Waals surface area (Å²) < 4.78 is 18.2. The van der Waals surface area contributed by atoms with Crippen LogP contribution in [-0.2, 0) is 9.53 Å². The molecular formula is C13H17FN2O2. The Morgan fingerprint density at radius 1 is 1.50 bits per heavy atom. The molecule has 1 atom stereocenters. The molecule has 1 aliphatic heterocycles. The largest absolute Gasteiger partial charge is 0.380 e. The van der Waals surface area contributed by atoms with Crippen LogP contribution in [0.1, 0.15) is 12.8 Å². The second kappa shape index (κ2) is 6.47. The number of anilines is 1. The van der Waals surface area contributed by atoms with Crippen molar-refractivity contribution >= 4 is 11.6 Å². The summed E-state index contributed by atoms with van der Waals surface area (Å²) in [5, 5.41) is 5.77. The number of rotatable bonds is 4. The molecule has 0 spiro atoms. The monoisotopic (exact) mass is 252 g/mol. The van der Waals surface area contributed by atoms with Crippen molar-refractivity contribution in [3.8, 4) is 0 Å². The van der Waals surface area contributed by atoms with Gasteiger partial charge in [0.25, 0.3) is 0 Å². The molecule has 0 aromatic heterocycles. The van der Waals surface area contributed by atoms with Crippen LogP contribution in [0.3, 0.4) is 0 Å². The van der Waals surface area contributed by atoms with E-state index in [1.54, 1.807) is 12.1 Å². The van der Waals surface area contributed by atoms with Crippen molar-refractivity contribution in [1.82, 2.24) is 5.32 Å². The van der Waals surface area contributed by atoms with E-state index in [2.05, 4.69) is 10.6 Å². The predicted octanol–water partition coefficient (Wildman–Crippen LogP) is 1.53. The molecule has 1 amide bonds. The Morgan fingerprint density at radius 2 is 2.39 bits per heavy atom. The molecule has 1 unspecified atom stereocenters. The van der Waals surface area contributed by atoms with Gasteiger partial charge in [0, 0.05) is 18.3 Å². The maximum atomic E-state index is 12.9. The standard InChI is InChI=1S/C13H17FN2O2/c14-10-3-1-4-11(7-10)16-13(17)8-15-12-5-2-6-18-9-12/h1,3-4,7,12,15H,2,5-6,8-9H2,(H,16,17). The fourth-order valence-corrected chi connectivity index (χ4v) is 1.91. The van der Waals surface area contributed by atoms with Crippen molar-refractivity contribution in [2.75, 3.05) is 25.1 Å². The minimum absolute atomic E-state index is 0.175. The van der Waals surface area contributed by atoms with Crippen LogP contribution in [0.2, 0.25) is 0 Å². The highest BCUT2D eigenvalue weighted by molar-refractivity contribution is 5.92. The van der Waals surface area contributed by atoms with Crippen LogP contribution in [0.15, 0.2) is 24.3 Å². The molecule has 0 bridgehead atoms. The Labute approximate surface area is 106 Å². The Kier molecular flexibility index (Phi) is 4.66. The third-order valence-electron chi connectivity index (χ3n) is 2.82. The lowest BCUT2D eigenvalue weighted by Crippen LogP contribution is -2.41. The number of nitrogens with one attached hydrogen (secondary N) is 2. The van der Waals surface area contributed by atoms with Gasteiger partial charge in [-0.25, -0.2) is 4.39 Å². The lowest BCUT2D eigenvalue weighted by molar-refractivity contribution is -0.115. The van der Waals surface area contributed by atoms with Gasteiger partial charge in [-0.2, -0.15) is 0 Å². The molecule has 4 nitrogen and oxygen atoms in total. The van der Waals surface area contributed by atoms with E-state index in [9.17, 15) is 9.18 Å². The minimum atomic E-state index is -0.360. The van der Waals surface area contributed by atoms with Crippen LogP contribution in [-0.4, -0.2) is 31.7 Å². The summed E-state index contributed by atoms with van der Waals surface area (Å²) in [5.74, 6) is -0.535.